The first-order valence-electron chi connectivity index (χ1n) is 8.92. The normalized spacial score (nSPS) is 14.3. The van der Waals surface area contributed by atoms with Gasteiger partial charge in [-0.05, 0) is 29.0 Å². The van der Waals surface area contributed by atoms with Crippen LogP contribution in [0, 0.1) is 0 Å². The van der Waals surface area contributed by atoms with Crippen LogP contribution >= 0.6 is 11.3 Å². The fraction of sp³-hybridized carbons (Fsp3) is 0.350. The molecule has 6 nitrogen and oxygen atoms in total. The third-order valence-electron chi connectivity index (χ3n) is 4.64. The molecule has 3 rings (SSSR count). The van der Waals surface area contributed by atoms with Gasteiger partial charge in [-0.2, -0.15) is 0 Å². The van der Waals surface area contributed by atoms with E-state index in [2.05, 4.69) is 5.32 Å². The van der Waals surface area contributed by atoms with Crippen LogP contribution in [0.4, 0.5) is 0 Å². The van der Waals surface area contributed by atoms with Gasteiger partial charge in [0.25, 0.3) is 0 Å². The maximum absolute atomic E-state index is 12.4. The summed E-state index contributed by atoms with van der Waals surface area (Å²) in [5.41, 5.74) is 2.01. The van der Waals surface area contributed by atoms with Crippen LogP contribution in [0.15, 0.2) is 41.8 Å². The number of fused-ring (bicyclic) bond motifs is 1. The quantitative estimate of drug-likeness (QED) is 0.764. The van der Waals surface area contributed by atoms with Crippen molar-refractivity contribution >= 4 is 29.1 Å². The summed E-state index contributed by atoms with van der Waals surface area (Å²) in [5, 5.41) is 13.9. The van der Waals surface area contributed by atoms with Crippen molar-refractivity contribution in [3.05, 3.63) is 57.8 Å². The molecule has 142 valence electrons. The van der Waals surface area contributed by atoms with Crippen molar-refractivity contribution in [2.75, 3.05) is 6.54 Å². The smallest absolute Gasteiger partial charge is 0.326 e. The SMILES string of the molecule is O=C(CCC(=O)N1CCc2sccc2C1)NC(Cc1ccccc1)C(=O)O. The third-order valence-corrected chi connectivity index (χ3v) is 5.67. The average molecular weight is 386 g/mol. The number of thiophene rings is 1. The fourth-order valence-corrected chi connectivity index (χ4v) is 4.05. The van der Waals surface area contributed by atoms with E-state index in [1.165, 1.54) is 10.4 Å². The second kappa shape index (κ2) is 8.81. The highest BCUT2D eigenvalue weighted by Gasteiger charge is 2.24. The lowest BCUT2D eigenvalue weighted by atomic mass is 10.1. The summed E-state index contributed by atoms with van der Waals surface area (Å²) in [6.45, 7) is 1.25. The first kappa shape index (κ1) is 19.1. The summed E-state index contributed by atoms with van der Waals surface area (Å²) in [5.74, 6) is -1.57. The van der Waals surface area contributed by atoms with Crippen LogP contribution in [0.25, 0.3) is 0 Å². The average Bonchev–Trinajstić information content (AvgIpc) is 3.14. The number of nitrogens with one attached hydrogen (secondary N) is 1. The van der Waals surface area contributed by atoms with Gasteiger partial charge in [0.1, 0.15) is 6.04 Å². The molecule has 2 aromatic rings. The van der Waals surface area contributed by atoms with Crippen LogP contribution in [0.2, 0.25) is 0 Å². The van der Waals surface area contributed by atoms with Crippen molar-refractivity contribution in [1.82, 2.24) is 10.2 Å². The predicted octanol–water partition coefficient (Wildman–Crippen LogP) is 2.23. The maximum Gasteiger partial charge on any atom is 0.326 e. The molecule has 0 aliphatic carbocycles. The molecule has 1 atom stereocenters. The number of aliphatic carboxylic acids is 1. The number of hydrogen-bond acceptors (Lipinski definition) is 4. The zero-order chi connectivity index (χ0) is 19.2. The van der Waals surface area contributed by atoms with Crippen molar-refractivity contribution in [1.29, 1.82) is 0 Å². The van der Waals surface area contributed by atoms with Crippen molar-refractivity contribution in [2.45, 2.75) is 38.3 Å². The van der Waals surface area contributed by atoms with E-state index in [0.717, 1.165) is 12.0 Å². The molecular formula is C20H22N2O4S. The van der Waals surface area contributed by atoms with Crippen molar-refractivity contribution in [2.24, 2.45) is 0 Å². The number of carbonyl (C=O) groups is 3. The van der Waals surface area contributed by atoms with E-state index in [1.807, 2.05) is 41.8 Å². The summed E-state index contributed by atoms with van der Waals surface area (Å²) in [7, 11) is 0. The molecule has 1 aliphatic heterocycles. The number of benzene rings is 1. The lowest BCUT2D eigenvalue weighted by molar-refractivity contribution is -0.142. The molecule has 1 unspecified atom stereocenters. The lowest BCUT2D eigenvalue weighted by Crippen LogP contribution is -2.43. The van der Waals surface area contributed by atoms with Gasteiger partial charge in [-0.1, -0.05) is 30.3 Å². The van der Waals surface area contributed by atoms with E-state index >= 15 is 0 Å². The van der Waals surface area contributed by atoms with Gasteiger partial charge in [-0.15, -0.1) is 11.3 Å². The molecule has 1 aromatic heterocycles. The first-order chi connectivity index (χ1) is 13.0. The summed E-state index contributed by atoms with van der Waals surface area (Å²) >= 11 is 1.71. The summed E-state index contributed by atoms with van der Waals surface area (Å²) < 4.78 is 0. The van der Waals surface area contributed by atoms with E-state index in [0.29, 0.717) is 13.1 Å². The Morgan fingerprint density at radius 1 is 1.15 bits per heavy atom. The predicted molar refractivity (Wildman–Crippen MR) is 102 cm³/mol. The molecule has 0 radical (unpaired) electrons. The molecule has 1 aliphatic rings. The minimum absolute atomic E-state index is 0.00953. The maximum atomic E-state index is 12.4. The first-order valence-corrected chi connectivity index (χ1v) is 9.80. The van der Waals surface area contributed by atoms with Crippen LogP contribution in [-0.2, 0) is 33.8 Å². The Hall–Kier alpha value is -2.67. The summed E-state index contributed by atoms with van der Waals surface area (Å²) in [6.07, 6.45) is 1.14. The molecule has 1 aromatic carbocycles. The monoisotopic (exact) mass is 386 g/mol. The minimum Gasteiger partial charge on any atom is -0.480 e. The van der Waals surface area contributed by atoms with Gasteiger partial charge in [-0.25, -0.2) is 4.79 Å². The van der Waals surface area contributed by atoms with E-state index in [1.54, 1.807) is 16.2 Å². The second-order valence-electron chi connectivity index (χ2n) is 6.58. The van der Waals surface area contributed by atoms with Gasteiger partial charge >= 0.3 is 5.97 Å². The molecule has 0 spiro atoms. The Balaban J connectivity index is 1.48. The van der Waals surface area contributed by atoms with Crippen molar-refractivity contribution in [3.63, 3.8) is 0 Å². The van der Waals surface area contributed by atoms with Crippen molar-refractivity contribution in [3.8, 4) is 0 Å². The summed E-state index contributed by atoms with van der Waals surface area (Å²) in [6, 6.07) is 10.2. The zero-order valence-corrected chi connectivity index (χ0v) is 15.7. The van der Waals surface area contributed by atoms with Crippen LogP contribution in [0.1, 0.15) is 28.8 Å². The molecule has 0 fully saturated rings. The standard InChI is InChI=1S/C20H22N2O4S/c23-18(21-16(20(25)26)12-14-4-2-1-3-5-14)6-7-19(24)22-10-8-17-15(13-22)9-11-27-17/h1-5,9,11,16H,6-8,10,12-13H2,(H,21,23)(H,25,26). The minimum atomic E-state index is -1.08. The Labute approximate surface area is 161 Å². The van der Waals surface area contributed by atoms with Crippen LogP contribution in [0.5, 0.6) is 0 Å². The van der Waals surface area contributed by atoms with Gasteiger partial charge in [0.05, 0.1) is 0 Å². The zero-order valence-electron chi connectivity index (χ0n) is 14.9. The summed E-state index contributed by atoms with van der Waals surface area (Å²) in [4.78, 5) is 39.0. The number of carboxylic acids is 1. The highest BCUT2D eigenvalue weighted by molar-refractivity contribution is 7.10. The Morgan fingerprint density at radius 3 is 2.67 bits per heavy atom. The largest absolute Gasteiger partial charge is 0.480 e. The molecule has 0 saturated carbocycles. The molecule has 27 heavy (non-hydrogen) atoms. The van der Waals surface area contributed by atoms with Gasteiger partial charge in [0, 0.05) is 37.2 Å². The second-order valence-corrected chi connectivity index (χ2v) is 7.58. The fourth-order valence-electron chi connectivity index (χ4n) is 3.16. The Bertz CT molecular complexity index is 818. The highest BCUT2D eigenvalue weighted by atomic mass is 32.1. The van der Waals surface area contributed by atoms with Gasteiger partial charge in [0.2, 0.25) is 11.8 Å². The number of carboxylic acid groups (broad SMARTS) is 1. The molecule has 2 amide bonds. The number of nitrogens with zero attached hydrogens (tertiary/aromatic N) is 1. The molecule has 0 saturated heterocycles. The van der Waals surface area contributed by atoms with Gasteiger partial charge in [-0.3, -0.25) is 9.59 Å². The van der Waals surface area contributed by atoms with Crippen LogP contribution in [0.3, 0.4) is 0 Å². The molecule has 7 heteroatoms. The van der Waals surface area contributed by atoms with Crippen molar-refractivity contribution < 1.29 is 19.5 Å². The van der Waals surface area contributed by atoms with Gasteiger partial charge < -0.3 is 15.3 Å². The Kier molecular flexibility index (Phi) is 6.24. The van der Waals surface area contributed by atoms with E-state index in [9.17, 15) is 19.5 Å². The number of amides is 2. The highest BCUT2D eigenvalue weighted by Crippen LogP contribution is 2.24. The van der Waals surface area contributed by atoms with E-state index in [-0.39, 0.29) is 25.2 Å². The lowest BCUT2D eigenvalue weighted by Gasteiger charge is -2.27. The Morgan fingerprint density at radius 2 is 1.93 bits per heavy atom. The number of carbonyl (C=O) groups excluding carboxylic acids is 2. The van der Waals surface area contributed by atoms with E-state index in [4.69, 9.17) is 0 Å². The topological polar surface area (TPSA) is 86.7 Å². The molecule has 2 N–H and O–H groups in total. The number of hydrogen-bond donors (Lipinski definition) is 2. The van der Waals surface area contributed by atoms with Gasteiger partial charge in [0.15, 0.2) is 0 Å². The molecule has 2 heterocycles. The van der Waals surface area contributed by atoms with E-state index < -0.39 is 17.9 Å². The third kappa shape index (κ3) is 5.17. The van der Waals surface area contributed by atoms with Crippen LogP contribution in [-0.4, -0.2) is 40.4 Å². The van der Waals surface area contributed by atoms with Crippen LogP contribution < -0.4 is 5.32 Å². The number of rotatable bonds is 7. The molecule has 0 bridgehead atoms. The molecular weight excluding hydrogens is 364 g/mol.